The fourth-order valence-electron chi connectivity index (χ4n) is 3.92. The summed E-state index contributed by atoms with van der Waals surface area (Å²) in [6.07, 6.45) is 5.85. The summed E-state index contributed by atoms with van der Waals surface area (Å²) in [7, 11) is 0. The minimum atomic E-state index is -0.499. The number of rotatable bonds is 10. The van der Waals surface area contributed by atoms with Gasteiger partial charge in [0.05, 0.1) is 12.3 Å². The fourth-order valence-corrected chi connectivity index (χ4v) is 3.92. The first kappa shape index (κ1) is 24.1. The van der Waals surface area contributed by atoms with Crippen molar-refractivity contribution in [1.29, 1.82) is 0 Å². The van der Waals surface area contributed by atoms with Gasteiger partial charge in [0.2, 0.25) is 5.91 Å². The van der Waals surface area contributed by atoms with Gasteiger partial charge in [0.15, 0.2) is 23.4 Å². The molecule has 3 aromatic carbocycles. The number of aryl methyl sites for hydroxylation is 1. The number of benzene rings is 3. The Morgan fingerprint density at radius 1 is 1.05 bits per heavy atom. The van der Waals surface area contributed by atoms with Gasteiger partial charge in [-0.15, -0.1) is 5.10 Å². The number of para-hydroxylation sites is 1. The molecule has 1 atom stereocenters. The highest BCUT2D eigenvalue weighted by molar-refractivity contribution is 6.03. The third kappa shape index (κ3) is 6.52. The van der Waals surface area contributed by atoms with Gasteiger partial charge >= 0.3 is 0 Å². The van der Waals surface area contributed by atoms with Gasteiger partial charge in [-0.25, -0.2) is 5.10 Å². The van der Waals surface area contributed by atoms with E-state index in [0.717, 1.165) is 30.6 Å². The number of aromatic nitrogens is 4. The molecule has 4 aromatic rings. The van der Waals surface area contributed by atoms with Gasteiger partial charge in [0.1, 0.15) is 12.4 Å². The zero-order chi connectivity index (χ0) is 25.3. The van der Waals surface area contributed by atoms with Crippen LogP contribution in [0.15, 0.2) is 78.9 Å². The van der Waals surface area contributed by atoms with Gasteiger partial charge in [-0.2, -0.15) is 0 Å². The van der Waals surface area contributed by atoms with Crippen molar-refractivity contribution in [3.05, 3.63) is 95.8 Å². The fraction of sp³-hybridized carbons (Fsp3) is 0.214. The number of unbranched alkanes of at least 4 members (excludes halogenated alkanes) is 1. The van der Waals surface area contributed by atoms with Crippen LogP contribution in [-0.4, -0.2) is 39.7 Å². The van der Waals surface area contributed by atoms with Gasteiger partial charge in [-0.05, 0) is 71.2 Å². The van der Waals surface area contributed by atoms with Crippen LogP contribution in [0.2, 0.25) is 0 Å². The van der Waals surface area contributed by atoms with E-state index in [1.807, 2.05) is 30.3 Å². The van der Waals surface area contributed by atoms with E-state index >= 15 is 0 Å². The molecule has 37 heavy (non-hydrogen) atoms. The van der Waals surface area contributed by atoms with Crippen molar-refractivity contribution in [2.24, 2.45) is 0 Å². The zero-order valence-corrected chi connectivity index (χ0v) is 20.2. The second-order valence-corrected chi connectivity index (χ2v) is 8.52. The van der Waals surface area contributed by atoms with Crippen LogP contribution in [0, 0.1) is 0 Å². The number of hydrogen-bond acceptors (Lipinski definition) is 7. The number of ether oxygens (including phenoxy) is 3. The average Bonchev–Trinajstić information content (AvgIpc) is 3.48. The second kappa shape index (κ2) is 11.9. The molecule has 0 aliphatic carbocycles. The molecule has 0 bridgehead atoms. The van der Waals surface area contributed by atoms with Crippen LogP contribution < -0.4 is 19.5 Å². The maximum absolute atomic E-state index is 12.6. The normalized spacial score (nSPS) is 14.4. The molecule has 0 radical (unpaired) electrons. The van der Waals surface area contributed by atoms with Crippen LogP contribution in [0.3, 0.4) is 0 Å². The zero-order valence-electron chi connectivity index (χ0n) is 20.2. The molecule has 0 fully saturated rings. The second-order valence-electron chi connectivity index (χ2n) is 8.52. The van der Waals surface area contributed by atoms with Gasteiger partial charge in [0.25, 0.3) is 0 Å². The standard InChI is InChI=1S/C28H27N5O4/c34-26(29-23-10-6-11-24-27(23)37-25(19-36-24)28-30-32-33-31-28)17-14-21-12-15-22(16-13-21)35-18-5-4-9-20-7-2-1-3-8-20/h1-3,6-8,10-17,25H,4-5,9,18-19H2,(H,29,34)(H,30,31,32,33)/b17-14+. The SMILES string of the molecule is O=C(/C=C/c1ccc(OCCCCc2ccccc2)cc1)Nc1cccc2c1OC(c1nnn[nH]1)CO2. The Morgan fingerprint density at radius 2 is 1.92 bits per heavy atom. The molecular weight excluding hydrogens is 470 g/mol. The quantitative estimate of drug-likeness (QED) is 0.240. The van der Waals surface area contributed by atoms with Crippen molar-refractivity contribution in [3.63, 3.8) is 0 Å². The monoisotopic (exact) mass is 497 g/mol. The maximum atomic E-state index is 12.6. The highest BCUT2D eigenvalue weighted by atomic mass is 16.6. The number of carbonyl (C=O) groups excluding carboxylic acids is 1. The lowest BCUT2D eigenvalue weighted by Gasteiger charge is -2.26. The van der Waals surface area contributed by atoms with E-state index in [1.165, 1.54) is 11.6 Å². The molecule has 1 amide bonds. The van der Waals surface area contributed by atoms with Crippen LogP contribution in [0.1, 0.15) is 35.9 Å². The van der Waals surface area contributed by atoms with Gasteiger partial charge in [-0.1, -0.05) is 48.5 Å². The minimum absolute atomic E-state index is 0.259. The van der Waals surface area contributed by atoms with Crippen LogP contribution in [0.5, 0.6) is 17.2 Å². The molecule has 188 valence electrons. The van der Waals surface area contributed by atoms with E-state index in [1.54, 1.807) is 24.3 Å². The van der Waals surface area contributed by atoms with Crippen LogP contribution in [-0.2, 0) is 11.2 Å². The summed E-state index contributed by atoms with van der Waals surface area (Å²) < 4.78 is 17.6. The van der Waals surface area contributed by atoms with Gasteiger partial charge < -0.3 is 19.5 Å². The molecule has 2 N–H and O–H groups in total. The van der Waals surface area contributed by atoms with Crippen LogP contribution in [0.25, 0.3) is 6.08 Å². The number of carbonyl (C=O) groups is 1. The largest absolute Gasteiger partial charge is 0.494 e. The van der Waals surface area contributed by atoms with Crippen molar-refractivity contribution in [2.75, 3.05) is 18.5 Å². The first-order chi connectivity index (χ1) is 18.2. The Morgan fingerprint density at radius 3 is 2.73 bits per heavy atom. The van der Waals surface area contributed by atoms with E-state index < -0.39 is 6.10 Å². The Hall–Kier alpha value is -4.66. The molecule has 9 nitrogen and oxygen atoms in total. The van der Waals surface area contributed by atoms with Crippen LogP contribution in [0.4, 0.5) is 5.69 Å². The molecule has 0 saturated heterocycles. The molecule has 1 unspecified atom stereocenters. The Labute approximate surface area is 214 Å². The Balaban J connectivity index is 1.10. The summed E-state index contributed by atoms with van der Waals surface area (Å²) >= 11 is 0. The van der Waals surface area contributed by atoms with E-state index in [4.69, 9.17) is 14.2 Å². The average molecular weight is 498 g/mol. The van der Waals surface area contributed by atoms with Gasteiger partial charge in [0, 0.05) is 6.08 Å². The summed E-state index contributed by atoms with van der Waals surface area (Å²) in [6.45, 7) is 0.931. The minimum Gasteiger partial charge on any atom is -0.494 e. The maximum Gasteiger partial charge on any atom is 0.248 e. The molecule has 9 heteroatoms. The number of aromatic amines is 1. The molecular formula is C28H27N5O4. The number of fused-ring (bicyclic) bond motifs is 1. The van der Waals surface area contributed by atoms with Crippen LogP contribution >= 0.6 is 0 Å². The molecule has 5 rings (SSSR count). The number of tetrazole rings is 1. The lowest BCUT2D eigenvalue weighted by atomic mass is 10.1. The van der Waals surface area contributed by atoms with E-state index in [-0.39, 0.29) is 12.5 Å². The van der Waals surface area contributed by atoms with E-state index in [9.17, 15) is 4.79 Å². The van der Waals surface area contributed by atoms with E-state index in [0.29, 0.717) is 29.6 Å². The number of anilines is 1. The molecule has 0 saturated carbocycles. The molecule has 1 aromatic heterocycles. The van der Waals surface area contributed by atoms with Gasteiger partial charge in [-0.3, -0.25) is 4.79 Å². The van der Waals surface area contributed by atoms with Crippen molar-refractivity contribution in [1.82, 2.24) is 20.6 Å². The predicted molar refractivity (Wildman–Crippen MR) is 138 cm³/mol. The van der Waals surface area contributed by atoms with Crippen molar-refractivity contribution in [3.8, 4) is 17.2 Å². The topological polar surface area (TPSA) is 111 Å². The molecule has 1 aliphatic heterocycles. The first-order valence-corrected chi connectivity index (χ1v) is 12.2. The molecule has 1 aliphatic rings. The highest BCUT2D eigenvalue weighted by Gasteiger charge is 2.27. The molecule has 2 heterocycles. The van der Waals surface area contributed by atoms with Crippen molar-refractivity contribution >= 4 is 17.7 Å². The Kier molecular flexibility index (Phi) is 7.70. The third-order valence-corrected chi connectivity index (χ3v) is 5.83. The number of nitrogens with zero attached hydrogens (tertiary/aromatic N) is 3. The molecule has 0 spiro atoms. The van der Waals surface area contributed by atoms with Crippen molar-refractivity contribution in [2.45, 2.75) is 25.4 Å². The number of amides is 1. The number of H-pyrrole nitrogens is 1. The lowest BCUT2D eigenvalue weighted by Crippen LogP contribution is -2.24. The number of hydrogen-bond donors (Lipinski definition) is 2. The summed E-state index contributed by atoms with van der Waals surface area (Å²) in [5, 5.41) is 16.6. The van der Waals surface area contributed by atoms with Crippen molar-refractivity contribution < 1.29 is 19.0 Å². The smallest absolute Gasteiger partial charge is 0.248 e. The third-order valence-electron chi connectivity index (χ3n) is 5.83. The number of nitrogens with one attached hydrogen (secondary N) is 2. The first-order valence-electron chi connectivity index (χ1n) is 12.2. The predicted octanol–water partition coefficient (Wildman–Crippen LogP) is 4.77. The highest BCUT2D eigenvalue weighted by Crippen LogP contribution is 2.41. The summed E-state index contributed by atoms with van der Waals surface area (Å²) in [5.74, 6) is 1.94. The summed E-state index contributed by atoms with van der Waals surface area (Å²) in [4.78, 5) is 12.6. The lowest BCUT2D eigenvalue weighted by molar-refractivity contribution is -0.111. The summed E-state index contributed by atoms with van der Waals surface area (Å²) in [5.41, 5.74) is 2.74. The van der Waals surface area contributed by atoms with E-state index in [2.05, 4.69) is 50.2 Å². The Bertz CT molecular complexity index is 1320. The summed E-state index contributed by atoms with van der Waals surface area (Å²) in [6, 6.07) is 23.4.